The average Bonchev–Trinajstić information content (AvgIpc) is 2.96. The Morgan fingerprint density at radius 1 is 0.622 bits per heavy atom. The van der Waals surface area contributed by atoms with Crippen molar-refractivity contribution in [3.63, 3.8) is 0 Å². The highest BCUT2D eigenvalue weighted by Crippen LogP contribution is 2.01. The summed E-state index contributed by atoms with van der Waals surface area (Å²) in [5.41, 5.74) is 0.630. The number of carboxylic acid groups (broad SMARTS) is 1. The summed E-state index contributed by atoms with van der Waals surface area (Å²) in [6.45, 7) is 3.44. The summed E-state index contributed by atoms with van der Waals surface area (Å²) in [7, 11) is 2.56. The smallest absolute Gasteiger partial charge is 0.358 e. The molecule has 0 spiro atoms. The molecule has 194 valence electrons. The number of aromatic nitrogens is 6. The van der Waals surface area contributed by atoms with Gasteiger partial charge in [0.2, 0.25) is 0 Å². The van der Waals surface area contributed by atoms with Gasteiger partial charge in [-0.3, -0.25) is 14.6 Å². The number of carbonyl (C=O) groups is 5. The molecule has 0 unspecified atom stereocenters. The number of ketones is 2. The molecule has 0 atom stereocenters. The number of nitrogens with zero attached hydrogens (tertiary/aromatic N) is 6. The van der Waals surface area contributed by atoms with Crippen molar-refractivity contribution in [2.24, 2.45) is 0 Å². The second-order valence-electron chi connectivity index (χ2n) is 6.51. The highest BCUT2D eigenvalue weighted by molar-refractivity contribution is 5.95. The van der Waals surface area contributed by atoms with Gasteiger partial charge in [-0.1, -0.05) is 13.8 Å². The van der Waals surface area contributed by atoms with Gasteiger partial charge in [-0.05, 0) is 0 Å². The van der Waals surface area contributed by atoms with E-state index < -0.39 is 17.9 Å². The summed E-state index contributed by atoms with van der Waals surface area (Å²) in [5.74, 6) is -2.43. The van der Waals surface area contributed by atoms with E-state index in [0.717, 1.165) is 6.20 Å². The van der Waals surface area contributed by atoms with E-state index in [1.165, 1.54) is 51.4 Å². The van der Waals surface area contributed by atoms with E-state index >= 15 is 0 Å². The Bertz CT molecular complexity index is 1170. The Kier molecular flexibility index (Phi) is 12.8. The summed E-state index contributed by atoms with van der Waals surface area (Å²) < 4.78 is 8.83. The molecule has 3 aromatic heterocycles. The average molecular weight is 512 g/mol. The zero-order valence-corrected chi connectivity index (χ0v) is 20.4. The Hall–Kier alpha value is -5.01. The summed E-state index contributed by atoms with van der Waals surface area (Å²) in [6.07, 6.45) is 9.74. The molecule has 0 aliphatic rings. The molecule has 3 heterocycles. The maximum absolute atomic E-state index is 11.1. The predicted molar refractivity (Wildman–Crippen MR) is 125 cm³/mol. The molecular weight excluding hydrogens is 488 g/mol. The van der Waals surface area contributed by atoms with Crippen LogP contribution in [0.2, 0.25) is 0 Å². The van der Waals surface area contributed by atoms with Gasteiger partial charge >= 0.3 is 17.9 Å². The van der Waals surface area contributed by atoms with E-state index in [1.54, 1.807) is 13.8 Å². The van der Waals surface area contributed by atoms with Gasteiger partial charge < -0.3 is 14.6 Å². The Labute approximate surface area is 211 Å². The van der Waals surface area contributed by atoms with Gasteiger partial charge in [0.25, 0.3) is 0 Å². The fraction of sp³-hybridized carbons (Fsp3) is 0.261. The first-order valence-electron chi connectivity index (χ1n) is 10.5. The zero-order valence-electron chi connectivity index (χ0n) is 20.4. The molecule has 0 saturated heterocycles. The number of rotatable bonds is 7. The van der Waals surface area contributed by atoms with Crippen molar-refractivity contribution in [1.29, 1.82) is 0 Å². The molecule has 0 aromatic carbocycles. The van der Waals surface area contributed by atoms with Crippen LogP contribution >= 0.6 is 0 Å². The van der Waals surface area contributed by atoms with Crippen LogP contribution in [0.3, 0.4) is 0 Å². The van der Waals surface area contributed by atoms with Crippen LogP contribution in [0.15, 0.2) is 43.4 Å². The Balaban J connectivity index is 0.000000281. The second kappa shape index (κ2) is 15.8. The monoisotopic (exact) mass is 512 g/mol. The van der Waals surface area contributed by atoms with E-state index in [4.69, 9.17) is 5.11 Å². The molecule has 37 heavy (non-hydrogen) atoms. The van der Waals surface area contributed by atoms with E-state index in [9.17, 15) is 24.0 Å². The molecule has 0 amide bonds. The number of methoxy groups -OCH3 is 2. The standard InChI is InChI=1S/C9H10N2O3.C8H8N2O3.C6H6N2O2/c1-3-8(12)6-4-11-7(5-10-6)9(13)14-2;1-2-7(11)5-3-10-6(4-9-5)8(12)13;1-10-6(9)5-4-7-2-3-8-5/h4-5H,3H2,1-2H3;3-4H,2H2,1H3,(H,12,13);2-4H,1H3. The molecule has 1 N–H and O–H groups in total. The van der Waals surface area contributed by atoms with Gasteiger partial charge in [0.15, 0.2) is 28.6 Å². The maximum Gasteiger partial charge on any atom is 0.358 e. The lowest BCUT2D eigenvalue weighted by atomic mass is 10.2. The highest BCUT2D eigenvalue weighted by atomic mass is 16.5. The first-order chi connectivity index (χ1) is 17.7. The van der Waals surface area contributed by atoms with Crippen LogP contribution in [0.25, 0.3) is 0 Å². The number of ether oxygens (including phenoxy) is 2. The molecule has 0 aliphatic heterocycles. The number of aromatic carboxylic acids is 1. The van der Waals surface area contributed by atoms with Crippen molar-refractivity contribution in [3.8, 4) is 0 Å². The van der Waals surface area contributed by atoms with Gasteiger partial charge in [0.05, 0.1) is 45.2 Å². The molecule has 0 fully saturated rings. The number of esters is 2. The molecule has 3 rings (SSSR count). The third-order valence-corrected chi connectivity index (χ3v) is 4.09. The quantitative estimate of drug-likeness (QED) is 0.355. The molecule has 0 saturated carbocycles. The van der Waals surface area contributed by atoms with Crippen molar-refractivity contribution in [3.05, 3.63) is 71.8 Å². The van der Waals surface area contributed by atoms with Gasteiger partial charge in [0, 0.05) is 25.2 Å². The summed E-state index contributed by atoms with van der Waals surface area (Å²) >= 11 is 0. The minimum absolute atomic E-state index is 0.0974. The van der Waals surface area contributed by atoms with Crippen molar-refractivity contribution in [2.45, 2.75) is 26.7 Å². The fourth-order valence-electron chi connectivity index (χ4n) is 2.14. The lowest BCUT2D eigenvalue weighted by Crippen LogP contribution is -2.08. The third-order valence-electron chi connectivity index (χ3n) is 4.09. The van der Waals surface area contributed by atoms with Crippen molar-refractivity contribution >= 4 is 29.5 Å². The van der Waals surface area contributed by atoms with E-state index in [1.807, 2.05) is 0 Å². The van der Waals surface area contributed by atoms with Gasteiger partial charge in [-0.25, -0.2) is 39.3 Å². The first kappa shape index (κ1) is 30.0. The van der Waals surface area contributed by atoms with Crippen LogP contribution in [0.5, 0.6) is 0 Å². The maximum atomic E-state index is 11.1. The Morgan fingerprint density at radius 3 is 1.35 bits per heavy atom. The summed E-state index contributed by atoms with van der Waals surface area (Å²) in [6, 6.07) is 0. The first-order valence-corrected chi connectivity index (χ1v) is 10.5. The summed E-state index contributed by atoms with van der Waals surface area (Å²) in [5, 5.41) is 8.48. The van der Waals surface area contributed by atoms with Crippen LogP contribution in [-0.2, 0) is 9.47 Å². The molecule has 14 heteroatoms. The van der Waals surface area contributed by atoms with Crippen molar-refractivity contribution < 1.29 is 38.6 Å². The number of hydrogen-bond acceptors (Lipinski definition) is 13. The molecular formula is C23H24N6O8. The number of Topliss-reactive ketones (excluding diaryl/α,β-unsaturated/α-hetero) is 2. The minimum atomic E-state index is -1.15. The van der Waals surface area contributed by atoms with Gasteiger partial charge in [-0.2, -0.15) is 0 Å². The predicted octanol–water partition coefficient (Wildman–Crippen LogP) is 1.89. The molecule has 0 aliphatic carbocycles. The zero-order chi connectivity index (χ0) is 27.8. The Morgan fingerprint density at radius 2 is 1.03 bits per heavy atom. The fourth-order valence-corrected chi connectivity index (χ4v) is 2.14. The largest absolute Gasteiger partial charge is 0.476 e. The molecule has 0 bridgehead atoms. The van der Waals surface area contributed by atoms with Crippen molar-refractivity contribution in [1.82, 2.24) is 29.9 Å². The van der Waals surface area contributed by atoms with E-state index in [2.05, 4.69) is 39.4 Å². The van der Waals surface area contributed by atoms with Gasteiger partial charge in [0.1, 0.15) is 11.4 Å². The van der Waals surface area contributed by atoms with Crippen molar-refractivity contribution in [2.75, 3.05) is 14.2 Å². The highest BCUT2D eigenvalue weighted by Gasteiger charge is 2.10. The van der Waals surface area contributed by atoms with Crippen LogP contribution in [-0.4, -0.2) is 78.7 Å². The molecule has 14 nitrogen and oxygen atoms in total. The van der Waals surface area contributed by atoms with Gasteiger partial charge in [-0.15, -0.1) is 0 Å². The normalized spacial score (nSPS) is 9.41. The molecule has 3 aromatic rings. The minimum Gasteiger partial charge on any atom is -0.476 e. The molecule has 0 radical (unpaired) electrons. The van der Waals surface area contributed by atoms with Crippen LogP contribution in [0, 0.1) is 0 Å². The number of carboxylic acids is 1. The number of carbonyl (C=O) groups excluding carboxylic acids is 4. The van der Waals surface area contributed by atoms with Crippen LogP contribution in [0.1, 0.15) is 79.1 Å². The summed E-state index contributed by atoms with van der Waals surface area (Å²) in [4.78, 5) is 76.4. The SMILES string of the molecule is CCC(=O)c1cnc(C(=O)O)cn1.CCC(=O)c1cnc(C(=O)OC)cn1.COC(=O)c1cnccn1. The van der Waals surface area contributed by atoms with E-state index in [-0.39, 0.29) is 40.0 Å². The second-order valence-corrected chi connectivity index (χ2v) is 6.51. The van der Waals surface area contributed by atoms with E-state index in [0.29, 0.717) is 12.8 Å². The topological polar surface area (TPSA) is 201 Å². The lowest BCUT2D eigenvalue weighted by Gasteiger charge is -1.98. The van der Waals surface area contributed by atoms with Crippen LogP contribution < -0.4 is 0 Å². The number of hydrogen-bond donors (Lipinski definition) is 1. The van der Waals surface area contributed by atoms with Crippen LogP contribution in [0.4, 0.5) is 0 Å². The third kappa shape index (κ3) is 10.0. The lowest BCUT2D eigenvalue weighted by molar-refractivity contribution is 0.0584.